The number of hydrogen-bond acceptors (Lipinski definition) is 2. The highest BCUT2D eigenvalue weighted by Crippen LogP contribution is 2.28. The summed E-state index contributed by atoms with van der Waals surface area (Å²) < 4.78 is 0. The van der Waals surface area contributed by atoms with Gasteiger partial charge < -0.3 is 5.11 Å². The van der Waals surface area contributed by atoms with Gasteiger partial charge in [0.15, 0.2) is 0 Å². The van der Waals surface area contributed by atoms with Crippen LogP contribution in [0, 0.1) is 0 Å². The van der Waals surface area contributed by atoms with E-state index in [1.165, 1.54) is 0 Å². The first-order valence-corrected chi connectivity index (χ1v) is 5.62. The van der Waals surface area contributed by atoms with Crippen LogP contribution in [-0.2, 0) is 5.72 Å². The van der Waals surface area contributed by atoms with Gasteiger partial charge in [-0.15, -0.1) is 0 Å². The Hall–Kier alpha value is -0.570. The molecule has 0 saturated carbocycles. The van der Waals surface area contributed by atoms with Crippen molar-refractivity contribution in [1.82, 2.24) is 5.32 Å². The van der Waals surface area contributed by atoms with Crippen molar-refractivity contribution >= 4 is 11.6 Å². The Bertz CT molecular complexity index is 327. The molecule has 1 aromatic carbocycles. The Labute approximate surface area is 96.3 Å². The fourth-order valence-corrected chi connectivity index (χ4v) is 1.94. The fraction of sp³-hybridized carbons (Fsp3) is 0.500. The lowest BCUT2D eigenvalue weighted by Gasteiger charge is -2.31. The van der Waals surface area contributed by atoms with Gasteiger partial charge >= 0.3 is 0 Å². The monoisotopic (exact) mass is 227 g/mol. The summed E-state index contributed by atoms with van der Waals surface area (Å²) in [4.78, 5) is 0. The van der Waals surface area contributed by atoms with E-state index < -0.39 is 5.72 Å². The summed E-state index contributed by atoms with van der Waals surface area (Å²) in [7, 11) is 0. The highest BCUT2D eigenvalue weighted by Gasteiger charge is 2.29. The average Bonchev–Trinajstić information content (AvgIpc) is 2.17. The number of hydrogen-bond donors (Lipinski definition) is 2. The zero-order chi connectivity index (χ0) is 11.5. The molecule has 0 aliphatic carbocycles. The van der Waals surface area contributed by atoms with Crippen molar-refractivity contribution in [3.8, 4) is 0 Å². The Morgan fingerprint density at radius 2 is 2.00 bits per heavy atom. The molecule has 0 aliphatic rings. The van der Waals surface area contributed by atoms with Gasteiger partial charge in [0.25, 0.3) is 0 Å². The molecule has 0 unspecified atom stereocenters. The summed E-state index contributed by atoms with van der Waals surface area (Å²) in [6, 6.07) is 7.58. The van der Waals surface area contributed by atoms with Crippen LogP contribution in [0.1, 0.15) is 32.8 Å². The minimum Gasteiger partial charge on any atom is -0.372 e. The molecule has 1 aromatic rings. The summed E-state index contributed by atoms with van der Waals surface area (Å²) in [5, 5.41) is 14.2. The fourth-order valence-electron chi connectivity index (χ4n) is 1.64. The SMILES string of the molecule is CC[C@@](O)(NC(C)C)c1ccccc1Cl. The van der Waals surface area contributed by atoms with Crippen LogP contribution in [-0.4, -0.2) is 11.1 Å². The summed E-state index contributed by atoms with van der Waals surface area (Å²) in [6.45, 7) is 5.92. The minimum atomic E-state index is -1.04. The van der Waals surface area contributed by atoms with Crippen LogP contribution >= 0.6 is 11.6 Å². The van der Waals surface area contributed by atoms with Crippen molar-refractivity contribution < 1.29 is 5.11 Å². The zero-order valence-corrected chi connectivity index (χ0v) is 10.2. The van der Waals surface area contributed by atoms with E-state index in [2.05, 4.69) is 5.32 Å². The number of halogens is 1. The summed E-state index contributed by atoms with van der Waals surface area (Å²) in [5.74, 6) is 0. The third kappa shape index (κ3) is 2.94. The molecular weight excluding hydrogens is 210 g/mol. The van der Waals surface area contributed by atoms with E-state index in [9.17, 15) is 5.11 Å². The van der Waals surface area contributed by atoms with Crippen LogP contribution < -0.4 is 5.32 Å². The number of nitrogens with one attached hydrogen (secondary N) is 1. The standard InChI is InChI=1S/C12H18ClNO/c1-4-12(15,14-9(2)3)10-7-5-6-8-11(10)13/h5-9,14-15H,4H2,1-3H3/t12-/m0/s1. The Morgan fingerprint density at radius 3 is 2.47 bits per heavy atom. The van der Waals surface area contributed by atoms with E-state index in [0.717, 1.165) is 5.56 Å². The normalized spacial score (nSPS) is 15.3. The Kier molecular flexibility index (Phi) is 4.14. The molecule has 0 saturated heterocycles. The van der Waals surface area contributed by atoms with Crippen LogP contribution in [0.2, 0.25) is 5.02 Å². The molecule has 0 heterocycles. The molecule has 2 nitrogen and oxygen atoms in total. The van der Waals surface area contributed by atoms with Crippen LogP contribution in [0.25, 0.3) is 0 Å². The lowest BCUT2D eigenvalue weighted by Crippen LogP contribution is -2.45. The molecule has 84 valence electrons. The van der Waals surface area contributed by atoms with Gasteiger partial charge in [0.1, 0.15) is 5.72 Å². The van der Waals surface area contributed by atoms with Crippen LogP contribution in [0.5, 0.6) is 0 Å². The summed E-state index contributed by atoms with van der Waals surface area (Å²) in [6.07, 6.45) is 0.578. The topological polar surface area (TPSA) is 32.3 Å². The van der Waals surface area contributed by atoms with Crippen molar-refractivity contribution in [2.45, 2.75) is 39.0 Å². The lowest BCUT2D eigenvalue weighted by molar-refractivity contribution is -0.0112. The van der Waals surface area contributed by atoms with Crippen molar-refractivity contribution in [3.05, 3.63) is 34.9 Å². The van der Waals surface area contributed by atoms with Crippen molar-refractivity contribution in [2.75, 3.05) is 0 Å². The minimum absolute atomic E-state index is 0.200. The molecule has 15 heavy (non-hydrogen) atoms. The number of aliphatic hydroxyl groups is 1. The maximum Gasteiger partial charge on any atom is 0.143 e. The second-order valence-corrected chi connectivity index (χ2v) is 4.40. The smallest absolute Gasteiger partial charge is 0.143 e. The number of rotatable bonds is 4. The first kappa shape index (κ1) is 12.5. The van der Waals surface area contributed by atoms with Gasteiger partial charge in [-0.05, 0) is 26.3 Å². The van der Waals surface area contributed by atoms with E-state index in [-0.39, 0.29) is 6.04 Å². The first-order chi connectivity index (χ1) is 6.99. The largest absolute Gasteiger partial charge is 0.372 e. The molecule has 0 bridgehead atoms. The summed E-state index contributed by atoms with van der Waals surface area (Å²) in [5.41, 5.74) is -0.296. The average molecular weight is 228 g/mol. The van der Waals surface area contributed by atoms with Gasteiger partial charge in [-0.3, -0.25) is 5.32 Å². The molecule has 1 rings (SSSR count). The van der Waals surface area contributed by atoms with Gasteiger partial charge in [-0.1, -0.05) is 36.7 Å². The molecule has 0 radical (unpaired) electrons. The second-order valence-electron chi connectivity index (χ2n) is 3.99. The molecule has 0 fully saturated rings. The molecule has 0 spiro atoms. The lowest BCUT2D eigenvalue weighted by atomic mass is 9.99. The first-order valence-electron chi connectivity index (χ1n) is 5.24. The van der Waals surface area contributed by atoms with E-state index in [4.69, 9.17) is 11.6 Å². The number of benzene rings is 1. The summed E-state index contributed by atoms with van der Waals surface area (Å²) >= 11 is 6.07. The molecular formula is C12H18ClNO. The predicted molar refractivity (Wildman–Crippen MR) is 63.9 cm³/mol. The van der Waals surface area contributed by atoms with Gasteiger partial charge in [0.2, 0.25) is 0 Å². The molecule has 0 aromatic heterocycles. The quantitative estimate of drug-likeness (QED) is 0.776. The van der Waals surface area contributed by atoms with Crippen molar-refractivity contribution in [2.24, 2.45) is 0 Å². The van der Waals surface area contributed by atoms with Crippen molar-refractivity contribution in [3.63, 3.8) is 0 Å². The molecule has 0 amide bonds. The Balaban J connectivity index is 3.05. The van der Waals surface area contributed by atoms with E-state index in [0.29, 0.717) is 11.4 Å². The van der Waals surface area contributed by atoms with Gasteiger partial charge in [0, 0.05) is 16.6 Å². The second kappa shape index (κ2) is 4.97. The van der Waals surface area contributed by atoms with Crippen LogP contribution in [0.3, 0.4) is 0 Å². The van der Waals surface area contributed by atoms with Gasteiger partial charge in [-0.2, -0.15) is 0 Å². The molecule has 2 N–H and O–H groups in total. The van der Waals surface area contributed by atoms with Gasteiger partial charge in [0.05, 0.1) is 0 Å². The van der Waals surface area contributed by atoms with E-state index in [1.54, 1.807) is 6.07 Å². The van der Waals surface area contributed by atoms with Crippen LogP contribution in [0.4, 0.5) is 0 Å². The zero-order valence-electron chi connectivity index (χ0n) is 9.42. The molecule has 3 heteroatoms. The Morgan fingerprint density at radius 1 is 1.40 bits per heavy atom. The predicted octanol–water partition coefficient (Wildman–Crippen LogP) is 2.89. The molecule has 1 atom stereocenters. The van der Waals surface area contributed by atoms with Crippen molar-refractivity contribution in [1.29, 1.82) is 0 Å². The van der Waals surface area contributed by atoms with E-state index in [1.807, 2.05) is 39.0 Å². The molecule has 0 aliphatic heterocycles. The third-order valence-corrected chi connectivity index (χ3v) is 2.69. The van der Waals surface area contributed by atoms with E-state index >= 15 is 0 Å². The van der Waals surface area contributed by atoms with Crippen LogP contribution in [0.15, 0.2) is 24.3 Å². The highest BCUT2D eigenvalue weighted by atomic mass is 35.5. The maximum absolute atomic E-state index is 10.4. The maximum atomic E-state index is 10.4. The van der Waals surface area contributed by atoms with Gasteiger partial charge in [-0.25, -0.2) is 0 Å². The third-order valence-electron chi connectivity index (χ3n) is 2.36. The highest BCUT2D eigenvalue weighted by molar-refractivity contribution is 6.31.